The highest BCUT2D eigenvalue weighted by Crippen LogP contribution is 2.46. The Balaban J connectivity index is 1.79. The maximum atomic E-state index is 14.9. The molecule has 0 bridgehead atoms. The van der Waals surface area contributed by atoms with E-state index in [-0.39, 0.29) is 35.1 Å². The van der Waals surface area contributed by atoms with E-state index in [1.165, 1.54) is 17.2 Å². The van der Waals surface area contributed by atoms with Gasteiger partial charge in [-0.15, -0.1) is 0 Å². The fourth-order valence-corrected chi connectivity index (χ4v) is 5.92. The molecular formula is C32H39FN2O2. The fraction of sp³-hybridized carbons (Fsp3) is 0.406. The number of nitrogens with zero attached hydrogens (tertiary/aromatic N) is 2. The van der Waals surface area contributed by atoms with Gasteiger partial charge in [-0.1, -0.05) is 48.5 Å². The molecule has 1 N–H and O–H groups in total. The summed E-state index contributed by atoms with van der Waals surface area (Å²) in [6, 6.07) is 20.2. The molecule has 3 aromatic carbocycles. The van der Waals surface area contributed by atoms with Crippen LogP contribution in [-0.4, -0.2) is 61.0 Å². The smallest absolute Gasteiger partial charge is 0.167 e. The number of carbonyl (C=O) groups is 1. The van der Waals surface area contributed by atoms with Crippen LogP contribution in [0.3, 0.4) is 0 Å². The van der Waals surface area contributed by atoms with Gasteiger partial charge in [0.1, 0.15) is 11.6 Å². The number of phenols is 1. The molecule has 1 fully saturated rings. The largest absolute Gasteiger partial charge is 0.508 e. The maximum absolute atomic E-state index is 14.9. The van der Waals surface area contributed by atoms with Gasteiger partial charge in [0.15, 0.2) is 5.78 Å². The summed E-state index contributed by atoms with van der Waals surface area (Å²) in [5.74, 6) is -0.664. The van der Waals surface area contributed by atoms with Crippen LogP contribution in [0.2, 0.25) is 0 Å². The summed E-state index contributed by atoms with van der Waals surface area (Å²) in [7, 11) is 4.18. The minimum absolute atomic E-state index is 0.00105. The van der Waals surface area contributed by atoms with Gasteiger partial charge in [0.25, 0.3) is 0 Å². The highest BCUT2D eigenvalue weighted by molar-refractivity contribution is 5.99. The predicted octanol–water partition coefficient (Wildman–Crippen LogP) is 6.17. The number of rotatable bonds is 9. The van der Waals surface area contributed by atoms with Gasteiger partial charge in [-0.05, 0) is 94.3 Å². The molecule has 0 spiro atoms. The number of ketones is 1. The van der Waals surface area contributed by atoms with Crippen LogP contribution in [-0.2, 0) is 0 Å². The molecule has 3 aromatic rings. The van der Waals surface area contributed by atoms with Crippen LogP contribution in [0.1, 0.15) is 57.3 Å². The summed E-state index contributed by atoms with van der Waals surface area (Å²) in [6.45, 7) is 7.31. The third-order valence-electron chi connectivity index (χ3n) is 7.83. The molecule has 0 amide bonds. The average Bonchev–Trinajstić information content (AvgIpc) is 2.88. The molecule has 1 heterocycles. The molecule has 1 saturated heterocycles. The average molecular weight is 503 g/mol. The number of carbonyl (C=O) groups excluding carboxylic acids is 1. The van der Waals surface area contributed by atoms with E-state index in [2.05, 4.69) is 49.0 Å². The van der Waals surface area contributed by atoms with Gasteiger partial charge in [-0.2, -0.15) is 0 Å². The summed E-state index contributed by atoms with van der Waals surface area (Å²) < 4.78 is 14.9. The summed E-state index contributed by atoms with van der Waals surface area (Å²) in [5, 5.41) is 10.1. The topological polar surface area (TPSA) is 43.8 Å². The number of phenolic OH excluding ortho intramolecular Hbond substituents is 1. The number of hydrogen-bond donors (Lipinski definition) is 1. The number of likely N-dealkylation sites (tertiary alicyclic amines) is 1. The zero-order chi connectivity index (χ0) is 26.5. The number of hydrogen-bond acceptors (Lipinski definition) is 4. The highest BCUT2D eigenvalue weighted by Gasteiger charge is 2.43. The monoisotopic (exact) mass is 502 g/mol. The summed E-state index contributed by atoms with van der Waals surface area (Å²) in [6.07, 6.45) is 2.14. The Labute approximate surface area is 220 Å². The van der Waals surface area contributed by atoms with Gasteiger partial charge in [0.2, 0.25) is 0 Å². The molecule has 0 aliphatic carbocycles. The Bertz CT molecular complexity index is 1220. The van der Waals surface area contributed by atoms with Gasteiger partial charge in [-0.3, -0.25) is 4.79 Å². The van der Waals surface area contributed by atoms with Crippen molar-refractivity contribution in [3.05, 3.63) is 100 Å². The third-order valence-corrected chi connectivity index (χ3v) is 7.83. The zero-order valence-corrected chi connectivity index (χ0v) is 22.5. The lowest BCUT2D eigenvalue weighted by molar-refractivity contribution is 0.0734. The number of piperidine rings is 1. The van der Waals surface area contributed by atoms with E-state index in [4.69, 9.17) is 0 Å². The number of benzene rings is 3. The SMILES string of the molecule is Cc1ccccc1C1CN(CCCCN(C)C)CC(C(=O)c2cccc(O)c2)C1c1cccc(F)c1C. The lowest BCUT2D eigenvalue weighted by Gasteiger charge is -2.45. The summed E-state index contributed by atoms with van der Waals surface area (Å²) in [5.41, 5.74) is 4.41. The standard InChI is InChI=1S/C32H39FN2O2/c1-22-11-5-6-14-26(22)28-20-35(18-8-7-17-34(3)4)21-29(32(37)24-12-9-13-25(36)19-24)31(28)27-15-10-16-30(33)23(27)2/h5-6,9-16,19,28-29,31,36H,7-8,17-18,20-21H2,1-4H3. The van der Waals surface area contributed by atoms with Crippen molar-refractivity contribution in [3.63, 3.8) is 0 Å². The van der Waals surface area contributed by atoms with E-state index in [0.29, 0.717) is 17.7 Å². The van der Waals surface area contributed by atoms with E-state index in [1.807, 2.05) is 19.1 Å². The normalized spacial score (nSPS) is 20.3. The Morgan fingerprint density at radius 3 is 2.43 bits per heavy atom. The van der Waals surface area contributed by atoms with Crippen LogP contribution in [0.4, 0.5) is 4.39 Å². The van der Waals surface area contributed by atoms with Crippen molar-refractivity contribution in [2.75, 3.05) is 40.3 Å². The first-order valence-electron chi connectivity index (χ1n) is 13.3. The molecule has 0 saturated carbocycles. The van der Waals surface area contributed by atoms with E-state index >= 15 is 0 Å². The maximum Gasteiger partial charge on any atom is 0.167 e. The number of aryl methyl sites for hydroxylation is 1. The van der Waals surface area contributed by atoms with Crippen LogP contribution < -0.4 is 0 Å². The van der Waals surface area contributed by atoms with Crippen molar-refractivity contribution in [3.8, 4) is 5.75 Å². The number of halogens is 1. The van der Waals surface area contributed by atoms with Gasteiger partial charge in [0.05, 0.1) is 0 Å². The van der Waals surface area contributed by atoms with E-state index in [9.17, 15) is 14.3 Å². The number of aromatic hydroxyl groups is 1. The second-order valence-electron chi connectivity index (χ2n) is 10.7. The van der Waals surface area contributed by atoms with Crippen LogP contribution in [0.5, 0.6) is 5.75 Å². The number of Topliss-reactive ketones (excluding diaryl/α,β-unsaturated/α-hetero) is 1. The molecule has 196 valence electrons. The Morgan fingerprint density at radius 2 is 1.70 bits per heavy atom. The molecule has 0 aromatic heterocycles. The molecule has 3 atom stereocenters. The van der Waals surface area contributed by atoms with E-state index < -0.39 is 0 Å². The molecule has 1 aliphatic heterocycles. The lowest BCUT2D eigenvalue weighted by Crippen LogP contribution is -2.47. The van der Waals surface area contributed by atoms with Crippen LogP contribution in [0.25, 0.3) is 0 Å². The quantitative estimate of drug-likeness (QED) is 0.281. The second-order valence-corrected chi connectivity index (χ2v) is 10.7. The summed E-state index contributed by atoms with van der Waals surface area (Å²) in [4.78, 5) is 18.7. The molecule has 4 nitrogen and oxygen atoms in total. The molecule has 37 heavy (non-hydrogen) atoms. The van der Waals surface area contributed by atoms with Crippen molar-refractivity contribution in [1.29, 1.82) is 0 Å². The second kappa shape index (κ2) is 12.0. The minimum atomic E-state index is -0.366. The van der Waals surface area contributed by atoms with Gasteiger partial charge >= 0.3 is 0 Å². The van der Waals surface area contributed by atoms with Crippen molar-refractivity contribution >= 4 is 5.78 Å². The van der Waals surface area contributed by atoms with Crippen LogP contribution in [0.15, 0.2) is 66.7 Å². The fourth-order valence-electron chi connectivity index (χ4n) is 5.92. The molecule has 0 radical (unpaired) electrons. The Morgan fingerprint density at radius 1 is 0.973 bits per heavy atom. The van der Waals surface area contributed by atoms with Crippen molar-refractivity contribution in [2.45, 2.75) is 38.5 Å². The Kier molecular flexibility index (Phi) is 8.78. The minimum Gasteiger partial charge on any atom is -0.508 e. The zero-order valence-electron chi connectivity index (χ0n) is 22.5. The van der Waals surface area contributed by atoms with Crippen molar-refractivity contribution in [1.82, 2.24) is 9.80 Å². The van der Waals surface area contributed by atoms with Crippen molar-refractivity contribution < 1.29 is 14.3 Å². The van der Waals surface area contributed by atoms with Crippen LogP contribution in [0, 0.1) is 25.6 Å². The van der Waals surface area contributed by atoms with Crippen molar-refractivity contribution in [2.24, 2.45) is 5.92 Å². The van der Waals surface area contributed by atoms with Gasteiger partial charge in [0, 0.05) is 36.4 Å². The third kappa shape index (κ3) is 6.28. The van der Waals surface area contributed by atoms with Gasteiger partial charge in [-0.25, -0.2) is 4.39 Å². The lowest BCUT2D eigenvalue weighted by atomic mass is 9.67. The molecule has 4 rings (SSSR count). The van der Waals surface area contributed by atoms with E-state index in [1.54, 1.807) is 30.3 Å². The molecule has 1 aliphatic rings. The highest BCUT2D eigenvalue weighted by atomic mass is 19.1. The van der Waals surface area contributed by atoms with E-state index in [0.717, 1.165) is 38.0 Å². The summed E-state index contributed by atoms with van der Waals surface area (Å²) >= 11 is 0. The first-order valence-corrected chi connectivity index (χ1v) is 13.3. The predicted molar refractivity (Wildman–Crippen MR) is 148 cm³/mol. The first-order chi connectivity index (χ1) is 17.8. The van der Waals surface area contributed by atoms with Gasteiger partial charge < -0.3 is 14.9 Å². The Hall–Kier alpha value is -3.02. The number of unbranched alkanes of at least 4 members (excludes halogenated alkanes) is 1. The molecule has 5 heteroatoms. The molecular weight excluding hydrogens is 463 g/mol. The first kappa shape index (κ1) is 27.0. The molecule has 3 unspecified atom stereocenters. The van der Waals surface area contributed by atoms with Crippen LogP contribution >= 0.6 is 0 Å².